The standard InChI is InChI=1S/C14H18ClFN2O2/c15-12-7-11(1-2-13(12)16)20-9-14(19)18-6-4-10-3-5-17-8-10/h1-2,7,10,17H,3-6,8-9H2,(H,18,19). The van der Waals surface area contributed by atoms with Crippen LogP contribution in [0.25, 0.3) is 0 Å². The highest BCUT2D eigenvalue weighted by molar-refractivity contribution is 6.30. The molecule has 0 radical (unpaired) electrons. The molecule has 0 saturated carbocycles. The number of ether oxygens (including phenoxy) is 1. The molecule has 1 atom stereocenters. The quantitative estimate of drug-likeness (QED) is 0.844. The molecule has 1 fully saturated rings. The van der Waals surface area contributed by atoms with Crippen molar-refractivity contribution in [2.75, 3.05) is 26.2 Å². The van der Waals surface area contributed by atoms with Crippen LogP contribution in [0, 0.1) is 11.7 Å². The zero-order chi connectivity index (χ0) is 14.4. The number of hydrogen-bond acceptors (Lipinski definition) is 3. The van der Waals surface area contributed by atoms with Gasteiger partial charge in [0.25, 0.3) is 5.91 Å². The Morgan fingerprint density at radius 2 is 2.40 bits per heavy atom. The molecule has 20 heavy (non-hydrogen) atoms. The van der Waals surface area contributed by atoms with Crippen molar-refractivity contribution in [3.8, 4) is 5.75 Å². The van der Waals surface area contributed by atoms with Crippen LogP contribution in [0.3, 0.4) is 0 Å². The van der Waals surface area contributed by atoms with Gasteiger partial charge in [-0.05, 0) is 44.0 Å². The van der Waals surface area contributed by atoms with Crippen LogP contribution in [0.5, 0.6) is 5.75 Å². The molecule has 1 aromatic carbocycles. The molecule has 1 heterocycles. The van der Waals surface area contributed by atoms with Crippen LogP contribution >= 0.6 is 11.6 Å². The summed E-state index contributed by atoms with van der Waals surface area (Å²) < 4.78 is 18.2. The van der Waals surface area contributed by atoms with Gasteiger partial charge in [0.1, 0.15) is 11.6 Å². The van der Waals surface area contributed by atoms with Crippen LogP contribution in [0.15, 0.2) is 18.2 Å². The van der Waals surface area contributed by atoms with Gasteiger partial charge in [0.2, 0.25) is 0 Å². The van der Waals surface area contributed by atoms with Crippen molar-refractivity contribution in [1.82, 2.24) is 10.6 Å². The van der Waals surface area contributed by atoms with Gasteiger partial charge in [0, 0.05) is 12.6 Å². The molecule has 1 saturated heterocycles. The number of amides is 1. The minimum absolute atomic E-state index is 0.0170. The van der Waals surface area contributed by atoms with Crippen LogP contribution in [-0.4, -0.2) is 32.1 Å². The average molecular weight is 301 g/mol. The van der Waals surface area contributed by atoms with E-state index in [4.69, 9.17) is 16.3 Å². The van der Waals surface area contributed by atoms with Crippen molar-refractivity contribution >= 4 is 17.5 Å². The highest BCUT2D eigenvalue weighted by Crippen LogP contribution is 2.20. The Bertz CT molecular complexity index is 464. The molecule has 0 aliphatic carbocycles. The van der Waals surface area contributed by atoms with E-state index in [1.165, 1.54) is 24.6 Å². The van der Waals surface area contributed by atoms with Crippen LogP contribution in [0.2, 0.25) is 5.02 Å². The second kappa shape index (κ2) is 7.45. The number of hydrogen-bond donors (Lipinski definition) is 2. The Balaban J connectivity index is 1.65. The Morgan fingerprint density at radius 3 is 3.10 bits per heavy atom. The number of nitrogens with one attached hydrogen (secondary N) is 2. The van der Waals surface area contributed by atoms with Crippen molar-refractivity contribution < 1.29 is 13.9 Å². The lowest BCUT2D eigenvalue weighted by Crippen LogP contribution is -2.30. The van der Waals surface area contributed by atoms with E-state index < -0.39 is 5.82 Å². The van der Waals surface area contributed by atoms with Crippen molar-refractivity contribution in [2.24, 2.45) is 5.92 Å². The van der Waals surface area contributed by atoms with Crippen molar-refractivity contribution in [1.29, 1.82) is 0 Å². The predicted octanol–water partition coefficient (Wildman–Crippen LogP) is 1.97. The molecule has 110 valence electrons. The topological polar surface area (TPSA) is 50.4 Å². The summed E-state index contributed by atoms with van der Waals surface area (Å²) in [6, 6.07) is 4.01. The van der Waals surface area contributed by atoms with Gasteiger partial charge in [-0.15, -0.1) is 0 Å². The minimum Gasteiger partial charge on any atom is -0.484 e. The first-order valence-corrected chi connectivity index (χ1v) is 7.08. The third-order valence-electron chi connectivity index (χ3n) is 3.30. The third-order valence-corrected chi connectivity index (χ3v) is 3.59. The highest BCUT2D eigenvalue weighted by atomic mass is 35.5. The number of rotatable bonds is 6. The van der Waals surface area contributed by atoms with Gasteiger partial charge >= 0.3 is 0 Å². The zero-order valence-corrected chi connectivity index (χ0v) is 11.9. The number of carbonyl (C=O) groups is 1. The molecule has 4 nitrogen and oxygen atoms in total. The Morgan fingerprint density at radius 1 is 1.55 bits per heavy atom. The predicted molar refractivity (Wildman–Crippen MR) is 75.5 cm³/mol. The summed E-state index contributed by atoms with van der Waals surface area (Å²) in [5.74, 6) is 0.337. The fraction of sp³-hybridized carbons (Fsp3) is 0.500. The second-order valence-corrected chi connectivity index (χ2v) is 5.27. The van der Waals surface area contributed by atoms with Gasteiger partial charge in [-0.25, -0.2) is 4.39 Å². The third kappa shape index (κ3) is 4.65. The summed E-state index contributed by atoms with van der Waals surface area (Å²) in [5, 5.41) is 6.08. The minimum atomic E-state index is -0.506. The maximum Gasteiger partial charge on any atom is 0.257 e. The molecule has 0 aromatic heterocycles. The largest absolute Gasteiger partial charge is 0.484 e. The van der Waals surface area contributed by atoms with Crippen molar-refractivity contribution in [3.63, 3.8) is 0 Å². The molecular formula is C14H18ClFN2O2. The maximum absolute atomic E-state index is 12.9. The smallest absolute Gasteiger partial charge is 0.257 e. The molecule has 2 N–H and O–H groups in total. The lowest BCUT2D eigenvalue weighted by Gasteiger charge is -2.10. The van der Waals surface area contributed by atoms with Gasteiger partial charge in [-0.2, -0.15) is 0 Å². The fourth-order valence-electron chi connectivity index (χ4n) is 2.14. The van der Waals surface area contributed by atoms with E-state index in [-0.39, 0.29) is 17.5 Å². The molecule has 2 rings (SSSR count). The molecule has 1 aliphatic heterocycles. The molecule has 0 bridgehead atoms. The normalized spacial score (nSPS) is 18.0. The van der Waals surface area contributed by atoms with E-state index in [2.05, 4.69) is 10.6 Å². The Hall–Kier alpha value is -1.33. The molecule has 1 amide bonds. The number of benzene rings is 1. The number of halogens is 2. The van der Waals surface area contributed by atoms with Crippen LogP contribution < -0.4 is 15.4 Å². The average Bonchev–Trinajstić information content (AvgIpc) is 2.93. The second-order valence-electron chi connectivity index (χ2n) is 4.86. The lowest BCUT2D eigenvalue weighted by atomic mass is 10.1. The van der Waals surface area contributed by atoms with E-state index in [1.807, 2.05) is 0 Å². The van der Waals surface area contributed by atoms with Crippen LogP contribution in [0.4, 0.5) is 4.39 Å². The maximum atomic E-state index is 12.9. The summed E-state index contributed by atoms with van der Waals surface area (Å²) in [7, 11) is 0. The summed E-state index contributed by atoms with van der Waals surface area (Å²) in [6.45, 7) is 2.65. The Kier molecular flexibility index (Phi) is 5.61. The first-order chi connectivity index (χ1) is 9.65. The van der Waals surface area contributed by atoms with Crippen molar-refractivity contribution in [2.45, 2.75) is 12.8 Å². The van der Waals surface area contributed by atoms with Gasteiger partial charge in [-0.1, -0.05) is 11.6 Å². The Labute approximate surface area is 122 Å². The van der Waals surface area contributed by atoms with E-state index >= 15 is 0 Å². The van der Waals surface area contributed by atoms with Gasteiger partial charge < -0.3 is 15.4 Å². The van der Waals surface area contributed by atoms with E-state index in [1.54, 1.807) is 0 Å². The molecule has 1 aromatic rings. The first kappa shape index (κ1) is 15.1. The molecule has 1 unspecified atom stereocenters. The monoisotopic (exact) mass is 300 g/mol. The van der Waals surface area contributed by atoms with Crippen LogP contribution in [-0.2, 0) is 4.79 Å². The van der Waals surface area contributed by atoms with Crippen molar-refractivity contribution in [3.05, 3.63) is 29.0 Å². The zero-order valence-electron chi connectivity index (χ0n) is 11.1. The summed E-state index contributed by atoms with van der Waals surface area (Å²) in [4.78, 5) is 11.6. The molecule has 1 aliphatic rings. The van der Waals surface area contributed by atoms with Gasteiger partial charge in [0.15, 0.2) is 6.61 Å². The van der Waals surface area contributed by atoms with E-state index in [9.17, 15) is 9.18 Å². The van der Waals surface area contributed by atoms with Gasteiger partial charge in [-0.3, -0.25) is 4.79 Å². The molecule has 6 heteroatoms. The molecular weight excluding hydrogens is 283 g/mol. The lowest BCUT2D eigenvalue weighted by molar-refractivity contribution is -0.123. The summed E-state index contributed by atoms with van der Waals surface area (Å²) in [6.07, 6.45) is 2.14. The van der Waals surface area contributed by atoms with Gasteiger partial charge in [0.05, 0.1) is 5.02 Å². The van der Waals surface area contributed by atoms with E-state index in [0.29, 0.717) is 18.2 Å². The number of carbonyl (C=O) groups excluding carboxylic acids is 1. The van der Waals surface area contributed by atoms with E-state index in [0.717, 1.165) is 19.5 Å². The summed E-state index contributed by atoms with van der Waals surface area (Å²) >= 11 is 5.62. The first-order valence-electron chi connectivity index (χ1n) is 6.70. The highest BCUT2D eigenvalue weighted by Gasteiger charge is 2.14. The molecule has 0 spiro atoms. The fourth-order valence-corrected chi connectivity index (χ4v) is 2.31. The van der Waals surface area contributed by atoms with Crippen LogP contribution in [0.1, 0.15) is 12.8 Å². The summed E-state index contributed by atoms with van der Waals surface area (Å²) in [5.41, 5.74) is 0. The SMILES string of the molecule is O=C(COc1ccc(F)c(Cl)c1)NCCC1CCNC1.